The van der Waals surface area contributed by atoms with Crippen LogP contribution in [0.5, 0.6) is 0 Å². The Balaban J connectivity index is 1.75. The largest absolute Gasteiger partial charge is 0.272 e. The Morgan fingerprint density at radius 3 is 2.42 bits per heavy atom. The van der Waals surface area contributed by atoms with Gasteiger partial charge in [-0.05, 0) is 48.2 Å². The van der Waals surface area contributed by atoms with E-state index in [9.17, 15) is 4.79 Å². The second-order valence-corrected chi connectivity index (χ2v) is 8.45. The number of benzene rings is 3. The standard InChI is InChI=1S/C27H23Cl2N3O/c1-3-17-11-13-18(14-12-17)25-16-22(21-9-6-10-23(29)26(21)30-25)27(33)32-31-24(4-2)19-7-5-8-20(28)15-19/h5-16H,3-4H2,1-2H3,(H,32,33). The summed E-state index contributed by atoms with van der Waals surface area (Å²) in [4.78, 5) is 18.0. The molecule has 4 rings (SSSR count). The summed E-state index contributed by atoms with van der Waals surface area (Å²) in [6.45, 7) is 4.09. The average Bonchev–Trinajstić information content (AvgIpc) is 2.84. The Morgan fingerprint density at radius 2 is 1.73 bits per heavy atom. The van der Waals surface area contributed by atoms with Crippen molar-refractivity contribution >= 4 is 45.7 Å². The molecule has 0 unspecified atom stereocenters. The molecule has 166 valence electrons. The summed E-state index contributed by atoms with van der Waals surface area (Å²) in [5, 5.41) is 6.17. The molecule has 0 spiro atoms. The van der Waals surface area contributed by atoms with E-state index < -0.39 is 0 Å². The molecule has 0 atom stereocenters. The zero-order valence-electron chi connectivity index (χ0n) is 18.4. The van der Waals surface area contributed by atoms with Crippen LogP contribution in [-0.2, 0) is 6.42 Å². The summed E-state index contributed by atoms with van der Waals surface area (Å²) in [7, 11) is 0. The first-order valence-corrected chi connectivity index (χ1v) is 11.6. The van der Waals surface area contributed by atoms with Gasteiger partial charge in [0.1, 0.15) is 0 Å². The van der Waals surface area contributed by atoms with E-state index in [1.54, 1.807) is 18.2 Å². The van der Waals surface area contributed by atoms with Crippen LogP contribution in [0.4, 0.5) is 0 Å². The van der Waals surface area contributed by atoms with Crippen molar-refractivity contribution in [1.82, 2.24) is 10.4 Å². The van der Waals surface area contributed by atoms with Crippen LogP contribution in [0.2, 0.25) is 10.0 Å². The minimum atomic E-state index is -0.330. The lowest BCUT2D eigenvalue weighted by molar-refractivity contribution is 0.0956. The van der Waals surface area contributed by atoms with Gasteiger partial charge in [0, 0.05) is 16.0 Å². The van der Waals surface area contributed by atoms with Gasteiger partial charge in [0.05, 0.1) is 27.5 Å². The zero-order valence-corrected chi connectivity index (χ0v) is 19.9. The van der Waals surface area contributed by atoms with Crippen molar-refractivity contribution in [3.8, 4) is 11.3 Å². The maximum Gasteiger partial charge on any atom is 0.272 e. The van der Waals surface area contributed by atoms with E-state index in [4.69, 9.17) is 28.2 Å². The van der Waals surface area contributed by atoms with Crippen molar-refractivity contribution in [3.05, 3.63) is 99.5 Å². The summed E-state index contributed by atoms with van der Waals surface area (Å²) in [5.41, 5.74) is 8.18. The van der Waals surface area contributed by atoms with Crippen molar-refractivity contribution in [2.45, 2.75) is 26.7 Å². The topological polar surface area (TPSA) is 54.4 Å². The Bertz CT molecular complexity index is 1350. The van der Waals surface area contributed by atoms with Crippen LogP contribution >= 0.6 is 23.2 Å². The molecule has 1 N–H and O–H groups in total. The number of nitrogens with one attached hydrogen (secondary N) is 1. The van der Waals surface area contributed by atoms with E-state index in [-0.39, 0.29) is 5.91 Å². The number of fused-ring (bicyclic) bond motifs is 1. The average molecular weight is 476 g/mol. The van der Waals surface area contributed by atoms with Crippen LogP contribution in [0.25, 0.3) is 22.2 Å². The molecule has 0 saturated carbocycles. The molecule has 0 radical (unpaired) electrons. The van der Waals surface area contributed by atoms with E-state index in [0.717, 1.165) is 23.3 Å². The Morgan fingerprint density at radius 1 is 0.970 bits per heavy atom. The number of para-hydroxylation sites is 1. The van der Waals surface area contributed by atoms with Gasteiger partial charge in [-0.15, -0.1) is 0 Å². The van der Waals surface area contributed by atoms with E-state index in [1.165, 1.54) is 5.56 Å². The van der Waals surface area contributed by atoms with Gasteiger partial charge < -0.3 is 0 Å². The fourth-order valence-electron chi connectivity index (χ4n) is 3.65. The number of carbonyl (C=O) groups excluding carboxylic acids is 1. The second-order valence-electron chi connectivity index (χ2n) is 7.60. The molecule has 0 aliphatic heterocycles. The number of rotatable bonds is 6. The number of carbonyl (C=O) groups is 1. The van der Waals surface area contributed by atoms with Crippen molar-refractivity contribution in [1.29, 1.82) is 0 Å². The fraction of sp³-hybridized carbons (Fsp3) is 0.148. The molecule has 0 saturated heterocycles. The van der Waals surface area contributed by atoms with Crippen molar-refractivity contribution in [2.75, 3.05) is 0 Å². The summed E-state index contributed by atoms with van der Waals surface area (Å²) in [6.07, 6.45) is 1.59. The molecule has 33 heavy (non-hydrogen) atoms. The van der Waals surface area contributed by atoms with Crippen molar-refractivity contribution in [3.63, 3.8) is 0 Å². The molecule has 6 heteroatoms. The van der Waals surface area contributed by atoms with Crippen LogP contribution < -0.4 is 5.43 Å². The number of hydrogen-bond donors (Lipinski definition) is 1. The number of amides is 1. The second kappa shape index (κ2) is 10.2. The van der Waals surface area contributed by atoms with Gasteiger partial charge in [-0.1, -0.05) is 85.6 Å². The number of aromatic nitrogens is 1. The Kier molecular flexibility index (Phi) is 7.07. The van der Waals surface area contributed by atoms with Crippen LogP contribution in [0.15, 0.2) is 77.9 Å². The number of pyridine rings is 1. The Labute approximate surface area is 203 Å². The summed E-state index contributed by atoms with van der Waals surface area (Å²) >= 11 is 12.6. The molecule has 0 bridgehead atoms. The molecule has 4 nitrogen and oxygen atoms in total. The monoisotopic (exact) mass is 475 g/mol. The maximum atomic E-state index is 13.3. The highest BCUT2D eigenvalue weighted by molar-refractivity contribution is 6.35. The normalized spacial score (nSPS) is 11.6. The molecule has 1 amide bonds. The summed E-state index contributed by atoms with van der Waals surface area (Å²) in [6, 6.07) is 22.8. The SMILES string of the molecule is CCC(=NNC(=O)c1cc(-c2ccc(CC)cc2)nc2c(Cl)cccc12)c1cccc(Cl)c1. The van der Waals surface area contributed by atoms with Gasteiger partial charge in [0.2, 0.25) is 0 Å². The highest BCUT2D eigenvalue weighted by atomic mass is 35.5. The van der Waals surface area contributed by atoms with Gasteiger partial charge in [-0.2, -0.15) is 5.10 Å². The van der Waals surface area contributed by atoms with Gasteiger partial charge in [-0.3, -0.25) is 4.79 Å². The molecule has 1 aromatic heterocycles. The summed E-state index contributed by atoms with van der Waals surface area (Å²) < 4.78 is 0. The molecule has 0 aliphatic carbocycles. The van der Waals surface area contributed by atoms with Crippen LogP contribution in [-0.4, -0.2) is 16.6 Å². The first kappa shape index (κ1) is 23.0. The molecular formula is C27H23Cl2N3O. The van der Waals surface area contributed by atoms with Gasteiger partial charge in [0.25, 0.3) is 5.91 Å². The smallest absolute Gasteiger partial charge is 0.267 e. The fourth-order valence-corrected chi connectivity index (χ4v) is 4.06. The predicted octanol–water partition coefficient (Wildman–Crippen LogP) is 7.32. The number of nitrogens with zero attached hydrogens (tertiary/aromatic N) is 2. The molecular weight excluding hydrogens is 453 g/mol. The zero-order chi connectivity index (χ0) is 23.4. The van der Waals surface area contributed by atoms with Crippen LogP contribution in [0, 0.1) is 0 Å². The lowest BCUT2D eigenvalue weighted by Crippen LogP contribution is -2.20. The van der Waals surface area contributed by atoms with Gasteiger partial charge >= 0.3 is 0 Å². The van der Waals surface area contributed by atoms with Gasteiger partial charge in [0.15, 0.2) is 0 Å². The third-order valence-electron chi connectivity index (χ3n) is 5.48. The highest BCUT2D eigenvalue weighted by Gasteiger charge is 2.16. The molecule has 0 fully saturated rings. The van der Waals surface area contributed by atoms with E-state index in [1.807, 2.05) is 49.4 Å². The highest BCUT2D eigenvalue weighted by Crippen LogP contribution is 2.29. The molecule has 3 aromatic carbocycles. The van der Waals surface area contributed by atoms with Crippen molar-refractivity contribution in [2.24, 2.45) is 5.10 Å². The van der Waals surface area contributed by atoms with E-state index in [2.05, 4.69) is 29.6 Å². The lowest BCUT2D eigenvalue weighted by Gasteiger charge is -2.11. The van der Waals surface area contributed by atoms with E-state index in [0.29, 0.717) is 38.6 Å². The Hall–Kier alpha value is -3.21. The first-order valence-electron chi connectivity index (χ1n) is 10.8. The summed E-state index contributed by atoms with van der Waals surface area (Å²) in [5.74, 6) is -0.330. The van der Waals surface area contributed by atoms with Crippen LogP contribution in [0.3, 0.4) is 0 Å². The minimum absolute atomic E-state index is 0.330. The number of hydrogen-bond acceptors (Lipinski definition) is 3. The van der Waals surface area contributed by atoms with Gasteiger partial charge in [-0.25, -0.2) is 10.4 Å². The van der Waals surface area contributed by atoms with Crippen molar-refractivity contribution < 1.29 is 4.79 Å². The third-order valence-corrected chi connectivity index (χ3v) is 6.02. The lowest BCUT2D eigenvalue weighted by atomic mass is 10.0. The minimum Gasteiger partial charge on any atom is -0.267 e. The van der Waals surface area contributed by atoms with Crippen LogP contribution in [0.1, 0.15) is 41.8 Å². The van der Waals surface area contributed by atoms with E-state index >= 15 is 0 Å². The predicted molar refractivity (Wildman–Crippen MR) is 137 cm³/mol. The quantitative estimate of drug-likeness (QED) is 0.234. The first-order chi connectivity index (χ1) is 16.0. The number of hydrazone groups is 1. The molecule has 1 heterocycles. The number of halogens is 2. The number of aryl methyl sites for hydroxylation is 1. The third kappa shape index (κ3) is 5.08. The molecule has 0 aliphatic rings. The maximum absolute atomic E-state index is 13.3. The molecule has 4 aromatic rings.